The van der Waals surface area contributed by atoms with Gasteiger partial charge in [0.2, 0.25) is 0 Å². The minimum atomic E-state index is -0.982. The summed E-state index contributed by atoms with van der Waals surface area (Å²) < 4.78 is 0.404. The quantitative estimate of drug-likeness (QED) is 0.606. The van der Waals surface area contributed by atoms with Gasteiger partial charge in [-0.05, 0) is 28.8 Å². The first kappa shape index (κ1) is 16.4. The Labute approximate surface area is 124 Å². The summed E-state index contributed by atoms with van der Waals surface area (Å²) in [7, 11) is 0. The molecule has 0 saturated heterocycles. The zero-order chi connectivity index (χ0) is 15.4. The average molecular weight is 346 g/mol. The van der Waals surface area contributed by atoms with Crippen LogP contribution in [0.4, 0.5) is 11.5 Å². The highest BCUT2D eigenvalue weighted by Gasteiger charge is 2.26. The Morgan fingerprint density at radius 2 is 2.25 bits per heavy atom. The Bertz CT molecular complexity index is 536. The second-order valence-corrected chi connectivity index (χ2v) is 5.33. The molecule has 0 bridgehead atoms. The van der Waals surface area contributed by atoms with Gasteiger partial charge in [-0.2, -0.15) is 0 Å². The molecule has 20 heavy (non-hydrogen) atoms. The minimum Gasteiger partial charge on any atom is -0.480 e. The molecule has 0 aromatic carbocycles. The third kappa shape index (κ3) is 3.44. The van der Waals surface area contributed by atoms with Gasteiger partial charge < -0.3 is 10.4 Å². The first-order valence-electron chi connectivity index (χ1n) is 6.08. The summed E-state index contributed by atoms with van der Waals surface area (Å²) in [5.41, 5.74) is 0.290. The molecule has 7 nitrogen and oxygen atoms in total. The summed E-state index contributed by atoms with van der Waals surface area (Å²) in [6.45, 7) is 5.29. The van der Waals surface area contributed by atoms with Gasteiger partial charge in [0.25, 0.3) is 5.69 Å². The number of anilines is 1. The summed E-state index contributed by atoms with van der Waals surface area (Å²) in [5, 5.41) is 22.9. The number of nitrogens with zero attached hydrogens (tertiary/aromatic N) is 2. The minimum absolute atomic E-state index is 0.100. The number of hydrogen-bond acceptors (Lipinski definition) is 5. The third-order valence-corrected chi connectivity index (χ3v) is 4.18. The van der Waals surface area contributed by atoms with Crippen molar-refractivity contribution < 1.29 is 14.8 Å². The van der Waals surface area contributed by atoms with E-state index in [9.17, 15) is 20.0 Å². The van der Waals surface area contributed by atoms with Crippen molar-refractivity contribution in [3.05, 3.63) is 26.3 Å². The second kappa shape index (κ2) is 6.65. The molecule has 8 heteroatoms. The fraction of sp³-hybridized carbons (Fsp3) is 0.500. The Hall–Kier alpha value is -1.70. The van der Waals surface area contributed by atoms with E-state index in [1.165, 1.54) is 0 Å². The van der Waals surface area contributed by atoms with Crippen molar-refractivity contribution in [1.82, 2.24) is 4.98 Å². The number of nitro groups is 1. The van der Waals surface area contributed by atoms with Gasteiger partial charge in [-0.15, -0.1) is 0 Å². The Kier molecular flexibility index (Phi) is 5.43. The molecule has 0 aliphatic heterocycles. The number of aromatic nitrogens is 1. The smallest absolute Gasteiger partial charge is 0.326 e. The van der Waals surface area contributed by atoms with Gasteiger partial charge in [-0.3, -0.25) is 10.1 Å². The lowest BCUT2D eigenvalue weighted by atomic mass is 9.99. The van der Waals surface area contributed by atoms with E-state index >= 15 is 0 Å². The van der Waals surface area contributed by atoms with Crippen LogP contribution >= 0.6 is 15.9 Å². The number of hydrogen-bond donors (Lipinski definition) is 2. The van der Waals surface area contributed by atoms with E-state index in [1.807, 2.05) is 13.8 Å². The second-order valence-electron chi connectivity index (χ2n) is 4.53. The van der Waals surface area contributed by atoms with Crippen LogP contribution in [0.1, 0.15) is 25.8 Å². The topological polar surface area (TPSA) is 105 Å². The molecule has 2 N–H and O–H groups in total. The van der Waals surface area contributed by atoms with E-state index in [-0.39, 0.29) is 11.6 Å². The van der Waals surface area contributed by atoms with Gasteiger partial charge in [-0.25, -0.2) is 9.78 Å². The summed E-state index contributed by atoms with van der Waals surface area (Å²) in [6.07, 6.45) is 1.81. The van der Waals surface area contributed by atoms with E-state index in [0.29, 0.717) is 22.3 Å². The van der Waals surface area contributed by atoms with Gasteiger partial charge in [0.15, 0.2) is 0 Å². The summed E-state index contributed by atoms with van der Waals surface area (Å²) in [4.78, 5) is 25.5. The molecule has 0 spiro atoms. The van der Waals surface area contributed by atoms with Crippen LogP contribution in [0.2, 0.25) is 0 Å². The van der Waals surface area contributed by atoms with Crippen molar-refractivity contribution >= 4 is 33.4 Å². The number of pyridine rings is 1. The van der Waals surface area contributed by atoms with Gasteiger partial charge in [0.05, 0.1) is 9.40 Å². The lowest BCUT2D eigenvalue weighted by Gasteiger charge is -2.21. The van der Waals surface area contributed by atoms with Gasteiger partial charge in [0, 0.05) is 5.56 Å². The van der Waals surface area contributed by atoms with Crippen LogP contribution in [0.25, 0.3) is 0 Å². The van der Waals surface area contributed by atoms with E-state index in [2.05, 4.69) is 26.2 Å². The molecule has 0 aliphatic carbocycles. The Balaban J connectivity index is 3.12. The predicted molar refractivity (Wildman–Crippen MR) is 77.8 cm³/mol. The fourth-order valence-electron chi connectivity index (χ4n) is 1.68. The highest BCUT2D eigenvalue weighted by molar-refractivity contribution is 9.10. The van der Waals surface area contributed by atoms with Gasteiger partial charge >= 0.3 is 5.97 Å². The van der Waals surface area contributed by atoms with Crippen LogP contribution in [-0.4, -0.2) is 27.0 Å². The van der Waals surface area contributed by atoms with Crippen LogP contribution in [0.3, 0.4) is 0 Å². The molecule has 110 valence electrons. The molecule has 0 saturated carbocycles. The van der Waals surface area contributed by atoms with Crippen molar-refractivity contribution in [2.75, 3.05) is 5.32 Å². The molecule has 0 radical (unpaired) electrons. The van der Waals surface area contributed by atoms with Crippen molar-refractivity contribution in [3.8, 4) is 0 Å². The number of aliphatic carboxylic acids is 1. The number of rotatable bonds is 6. The molecule has 1 aromatic heterocycles. The van der Waals surface area contributed by atoms with Crippen molar-refractivity contribution in [3.63, 3.8) is 0 Å². The van der Waals surface area contributed by atoms with Crippen LogP contribution in [0.15, 0.2) is 10.7 Å². The number of carboxylic acid groups (broad SMARTS) is 1. The van der Waals surface area contributed by atoms with Crippen molar-refractivity contribution in [2.45, 2.75) is 33.2 Å². The van der Waals surface area contributed by atoms with Crippen molar-refractivity contribution in [1.29, 1.82) is 0 Å². The maximum atomic E-state index is 11.3. The van der Waals surface area contributed by atoms with Crippen LogP contribution in [0.5, 0.6) is 0 Å². The first-order valence-corrected chi connectivity index (χ1v) is 6.87. The van der Waals surface area contributed by atoms with E-state index in [1.54, 1.807) is 6.92 Å². The zero-order valence-electron chi connectivity index (χ0n) is 11.4. The van der Waals surface area contributed by atoms with Crippen LogP contribution < -0.4 is 5.32 Å². The van der Waals surface area contributed by atoms with Crippen molar-refractivity contribution in [2.24, 2.45) is 5.92 Å². The number of carbonyl (C=O) groups is 1. The lowest BCUT2D eigenvalue weighted by molar-refractivity contribution is -0.385. The fourth-order valence-corrected chi connectivity index (χ4v) is 2.10. The monoisotopic (exact) mass is 345 g/mol. The normalized spacial score (nSPS) is 13.6. The zero-order valence-corrected chi connectivity index (χ0v) is 13.0. The third-order valence-electron chi connectivity index (χ3n) is 3.21. The lowest BCUT2D eigenvalue weighted by Crippen LogP contribution is -2.35. The predicted octanol–water partition coefficient (Wildman–Crippen LogP) is 2.97. The van der Waals surface area contributed by atoms with Gasteiger partial charge in [-0.1, -0.05) is 20.3 Å². The standard InChI is InChI=1S/C12H16BrN3O4/c1-4-6(2)10(12(17)18)15-11-9(13)7(3)8(5-14-11)16(19)20/h5-6,10H,4H2,1-3H3,(H,14,15)(H,17,18)/t6-,10-/m0/s1. The average Bonchev–Trinajstić information content (AvgIpc) is 2.38. The van der Waals surface area contributed by atoms with E-state index < -0.39 is 16.9 Å². The molecule has 2 atom stereocenters. The highest BCUT2D eigenvalue weighted by atomic mass is 79.9. The van der Waals surface area contributed by atoms with Crippen LogP contribution in [-0.2, 0) is 4.79 Å². The van der Waals surface area contributed by atoms with Crippen LogP contribution in [0, 0.1) is 23.0 Å². The summed E-state index contributed by atoms with van der Waals surface area (Å²) >= 11 is 3.23. The SMILES string of the molecule is CC[C@H](C)[C@H](Nc1ncc([N+](=O)[O-])c(C)c1Br)C(=O)O. The summed E-state index contributed by atoms with van der Waals surface area (Å²) in [6, 6.07) is -0.801. The maximum Gasteiger partial charge on any atom is 0.326 e. The molecule has 0 amide bonds. The number of nitrogens with one attached hydrogen (secondary N) is 1. The Morgan fingerprint density at radius 3 is 2.70 bits per heavy atom. The molecule has 0 aliphatic rings. The molecule has 0 unspecified atom stereocenters. The molecule has 0 fully saturated rings. The van der Waals surface area contributed by atoms with E-state index in [4.69, 9.17) is 0 Å². The largest absolute Gasteiger partial charge is 0.480 e. The molecule has 1 heterocycles. The molecule has 1 rings (SSSR count). The number of carboxylic acids is 1. The first-order chi connectivity index (χ1) is 9.29. The maximum absolute atomic E-state index is 11.3. The van der Waals surface area contributed by atoms with E-state index in [0.717, 1.165) is 6.20 Å². The summed E-state index contributed by atoms with van der Waals surface area (Å²) in [5.74, 6) is -0.790. The number of halogens is 1. The molecule has 1 aromatic rings. The highest BCUT2D eigenvalue weighted by Crippen LogP contribution is 2.31. The van der Waals surface area contributed by atoms with Gasteiger partial charge in [0.1, 0.15) is 18.1 Å². The Morgan fingerprint density at radius 1 is 1.65 bits per heavy atom. The molecular formula is C12H16BrN3O4. The molecular weight excluding hydrogens is 330 g/mol.